The fourth-order valence-electron chi connectivity index (χ4n) is 4.29. The lowest BCUT2D eigenvalue weighted by Gasteiger charge is -2.40. The Morgan fingerprint density at radius 3 is 2.05 bits per heavy atom. The zero-order chi connectivity index (χ0) is 29.4. The largest absolute Gasteiger partial charge is 0.497 e. The Hall–Kier alpha value is -2.68. The lowest BCUT2D eigenvalue weighted by Crippen LogP contribution is -2.59. The minimum atomic E-state index is -1.01. The Labute approximate surface area is 232 Å². The number of carbonyl (C=O) groups excluding carboxylic acids is 2. The molecular weight excluding hydrogens is 504 g/mol. The quantitative estimate of drug-likeness (QED) is 0.312. The molecule has 0 aromatic heterocycles. The average Bonchev–Trinajstić information content (AvgIpc) is 2.82. The van der Waals surface area contributed by atoms with Crippen LogP contribution in [0.5, 0.6) is 5.75 Å². The van der Waals surface area contributed by atoms with Crippen LogP contribution in [0, 0.1) is 5.92 Å². The van der Waals surface area contributed by atoms with Crippen molar-refractivity contribution in [3.63, 3.8) is 0 Å². The van der Waals surface area contributed by atoms with Gasteiger partial charge in [-0.1, -0.05) is 32.9 Å². The van der Waals surface area contributed by atoms with Gasteiger partial charge in [0.2, 0.25) is 5.91 Å². The molecule has 0 aliphatic heterocycles. The smallest absolute Gasteiger partial charge is 0.408 e. The van der Waals surface area contributed by atoms with Gasteiger partial charge in [0, 0.05) is 23.1 Å². The number of rotatable bonds is 12. The number of carbonyl (C=O) groups is 3. The van der Waals surface area contributed by atoms with Gasteiger partial charge in [-0.3, -0.25) is 4.79 Å². The van der Waals surface area contributed by atoms with Crippen LogP contribution < -0.4 is 10.1 Å². The topological polar surface area (TPSA) is 105 Å². The number of hydrogen-bond acceptors (Lipinski definition) is 6. The van der Waals surface area contributed by atoms with E-state index in [-0.39, 0.29) is 17.4 Å². The molecule has 0 saturated carbocycles. The standard InChI is InChI=1S/C29H46N2O6S/c1-12-22(19(4)26(33)34)23(18(2)3)31(10)25(32)24(30-27(35)37-28(5,6)7)29(8,9)38-17-20-13-15-21(36-11)16-14-20/h13-16,18,23-24H,12,17H2,1-11H3,(H,30,35)(H,33,34)/t23-,24-/m1/s1. The van der Waals surface area contributed by atoms with Gasteiger partial charge >= 0.3 is 12.1 Å². The maximum Gasteiger partial charge on any atom is 0.408 e. The van der Waals surface area contributed by atoms with Crippen LogP contribution in [0.15, 0.2) is 35.4 Å². The van der Waals surface area contributed by atoms with Crippen LogP contribution in [0.1, 0.15) is 74.3 Å². The third kappa shape index (κ3) is 9.57. The highest BCUT2D eigenvalue weighted by Gasteiger charge is 2.42. The van der Waals surface area contributed by atoms with Crippen molar-refractivity contribution in [2.45, 2.75) is 96.9 Å². The van der Waals surface area contributed by atoms with Crippen molar-refractivity contribution in [3.8, 4) is 5.75 Å². The number of hydrogen-bond donors (Lipinski definition) is 2. The molecule has 0 fully saturated rings. The Bertz CT molecular complexity index is 995. The Kier molecular flexibility index (Phi) is 12.2. The first kappa shape index (κ1) is 33.3. The molecule has 0 bridgehead atoms. The van der Waals surface area contributed by atoms with Crippen LogP contribution in [0.3, 0.4) is 0 Å². The number of likely N-dealkylation sites (N-methyl/N-ethyl adjacent to an activating group) is 1. The van der Waals surface area contributed by atoms with E-state index in [1.165, 1.54) is 11.8 Å². The SMILES string of the molecule is CCC(=C(C)C(=O)O)[C@@H](C(C)C)N(C)C(=O)[C@@H](NC(=O)OC(C)(C)C)C(C)(C)SCc1ccc(OC)cc1. The molecule has 0 saturated heterocycles. The summed E-state index contributed by atoms with van der Waals surface area (Å²) in [5.74, 6) is -0.00856. The first-order chi connectivity index (χ1) is 17.4. The van der Waals surface area contributed by atoms with Crippen LogP contribution in [-0.4, -0.2) is 64.6 Å². The molecule has 0 aliphatic rings. The number of thioether (sulfide) groups is 1. The van der Waals surface area contributed by atoms with Gasteiger partial charge in [0.1, 0.15) is 17.4 Å². The number of aliphatic carboxylic acids is 1. The first-order valence-corrected chi connectivity index (χ1v) is 13.9. The molecule has 8 nitrogen and oxygen atoms in total. The molecule has 0 radical (unpaired) electrons. The molecule has 9 heteroatoms. The number of nitrogens with zero attached hydrogens (tertiary/aromatic N) is 1. The fraction of sp³-hybridized carbons (Fsp3) is 0.621. The number of carboxylic acid groups (broad SMARTS) is 1. The number of carboxylic acids is 1. The third-order valence-corrected chi connectivity index (χ3v) is 7.77. The van der Waals surface area contributed by atoms with Gasteiger partial charge in [-0.15, -0.1) is 11.8 Å². The maximum absolute atomic E-state index is 14.1. The highest BCUT2D eigenvalue weighted by Crippen LogP contribution is 2.34. The van der Waals surface area contributed by atoms with Crippen molar-refractivity contribution in [3.05, 3.63) is 41.0 Å². The lowest BCUT2D eigenvalue weighted by atomic mass is 9.88. The number of methoxy groups -OCH3 is 1. The van der Waals surface area contributed by atoms with Gasteiger partial charge in [-0.25, -0.2) is 9.59 Å². The normalized spacial score (nSPS) is 14.3. The Morgan fingerprint density at radius 1 is 1.08 bits per heavy atom. The summed E-state index contributed by atoms with van der Waals surface area (Å²) >= 11 is 1.54. The maximum atomic E-state index is 14.1. The molecule has 38 heavy (non-hydrogen) atoms. The molecule has 0 aliphatic carbocycles. The van der Waals surface area contributed by atoms with Crippen molar-refractivity contribution >= 4 is 29.7 Å². The van der Waals surface area contributed by atoms with E-state index in [2.05, 4.69) is 5.32 Å². The lowest BCUT2D eigenvalue weighted by molar-refractivity contribution is -0.136. The number of amides is 2. The van der Waals surface area contributed by atoms with Gasteiger partial charge in [0.15, 0.2) is 0 Å². The molecule has 1 rings (SSSR count). The molecule has 0 unspecified atom stereocenters. The van der Waals surface area contributed by atoms with E-state index >= 15 is 0 Å². The molecular formula is C29H46N2O6S. The fourth-order valence-corrected chi connectivity index (χ4v) is 5.35. The van der Waals surface area contributed by atoms with Crippen LogP contribution in [0.4, 0.5) is 4.79 Å². The summed E-state index contributed by atoms with van der Waals surface area (Å²) in [7, 11) is 3.29. The minimum Gasteiger partial charge on any atom is -0.497 e. The summed E-state index contributed by atoms with van der Waals surface area (Å²) in [5.41, 5.74) is 1.23. The number of alkyl carbamates (subject to hydrolysis) is 1. The predicted octanol–water partition coefficient (Wildman–Crippen LogP) is 5.89. The molecule has 2 atom stereocenters. The molecule has 1 aromatic carbocycles. The molecule has 2 amide bonds. The highest BCUT2D eigenvalue weighted by molar-refractivity contribution is 7.99. The monoisotopic (exact) mass is 550 g/mol. The van der Waals surface area contributed by atoms with Crippen molar-refractivity contribution in [2.24, 2.45) is 5.92 Å². The van der Waals surface area contributed by atoms with E-state index in [1.54, 1.807) is 46.8 Å². The summed E-state index contributed by atoms with van der Waals surface area (Å²) in [6.07, 6.45) is -0.199. The summed E-state index contributed by atoms with van der Waals surface area (Å²) in [6.45, 7) is 16.5. The van der Waals surface area contributed by atoms with Gasteiger partial charge < -0.3 is 24.8 Å². The van der Waals surface area contributed by atoms with Crippen molar-refractivity contribution in [1.29, 1.82) is 0 Å². The van der Waals surface area contributed by atoms with Gasteiger partial charge in [-0.05, 0) is 77.2 Å². The first-order valence-electron chi connectivity index (χ1n) is 12.9. The highest BCUT2D eigenvalue weighted by atomic mass is 32.2. The zero-order valence-electron chi connectivity index (χ0n) is 24.8. The van der Waals surface area contributed by atoms with Gasteiger partial charge in [0.05, 0.1) is 13.2 Å². The van der Waals surface area contributed by atoms with Crippen LogP contribution in [-0.2, 0) is 20.1 Å². The number of nitrogens with one attached hydrogen (secondary N) is 1. The van der Waals surface area contributed by atoms with E-state index in [4.69, 9.17) is 9.47 Å². The number of benzene rings is 1. The number of ether oxygens (including phenoxy) is 2. The summed E-state index contributed by atoms with van der Waals surface area (Å²) in [6, 6.07) is 6.31. The van der Waals surface area contributed by atoms with Crippen molar-refractivity contribution in [2.75, 3.05) is 14.2 Å². The predicted molar refractivity (Wildman–Crippen MR) is 154 cm³/mol. The molecule has 0 heterocycles. The van der Waals surface area contributed by atoms with E-state index in [0.717, 1.165) is 11.3 Å². The van der Waals surface area contributed by atoms with Gasteiger partial charge in [-0.2, -0.15) is 0 Å². The van der Waals surface area contributed by atoms with E-state index in [0.29, 0.717) is 17.7 Å². The third-order valence-electron chi connectivity index (χ3n) is 6.31. The van der Waals surface area contributed by atoms with Crippen molar-refractivity contribution < 1.29 is 29.0 Å². The van der Waals surface area contributed by atoms with Crippen LogP contribution in [0.25, 0.3) is 0 Å². The Morgan fingerprint density at radius 2 is 1.63 bits per heavy atom. The molecule has 0 spiro atoms. The van der Waals surface area contributed by atoms with Crippen LogP contribution in [0.2, 0.25) is 0 Å². The van der Waals surface area contributed by atoms with Gasteiger partial charge in [0.25, 0.3) is 0 Å². The molecule has 1 aromatic rings. The Balaban J connectivity index is 3.41. The van der Waals surface area contributed by atoms with E-state index < -0.39 is 34.5 Å². The zero-order valence-corrected chi connectivity index (χ0v) is 25.6. The van der Waals surface area contributed by atoms with Crippen LogP contribution >= 0.6 is 11.8 Å². The molecule has 2 N–H and O–H groups in total. The second-order valence-electron chi connectivity index (χ2n) is 11.3. The average molecular weight is 551 g/mol. The van der Waals surface area contributed by atoms with E-state index in [9.17, 15) is 19.5 Å². The second kappa shape index (κ2) is 13.9. The van der Waals surface area contributed by atoms with Crippen molar-refractivity contribution in [1.82, 2.24) is 10.2 Å². The summed E-state index contributed by atoms with van der Waals surface area (Å²) < 4.78 is 10.00. The molecule has 214 valence electrons. The second-order valence-corrected chi connectivity index (χ2v) is 12.9. The summed E-state index contributed by atoms with van der Waals surface area (Å²) in [4.78, 5) is 40.3. The van der Waals surface area contributed by atoms with E-state index in [1.807, 2.05) is 58.9 Å². The summed E-state index contributed by atoms with van der Waals surface area (Å²) in [5, 5.41) is 12.5. The minimum absolute atomic E-state index is 0.0505.